The standard InChI is InChI=1S/C17H13FN2O2/c18-7-2-8-20-14-6-5-11(10-19)9-13(14)16-12(17(21)22)3-1-4-15(16)20/h1,3-6,9H,2,7-8H2,(H,21,22). The van der Waals surface area contributed by atoms with Crippen LogP contribution < -0.4 is 0 Å². The Morgan fingerprint density at radius 1 is 1.27 bits per heavy atom. The molecule has 0 bridgehead atoms. The van der Waals surface area contributed by atoms with Crippen molar-refractivity contribution in [2.75, 3.05) is 6.67 Å². The van der Waals surface area contributed by atoms with Gasteiger partial charge in [-0.05, 0) is 36.8 Å². The van der Waals surface area contributed by atoms with Gasteiger partial charge >= 0.3 is 5.97 Å². The second-order valence-electron chi connectivity index (χ2n) is 5.04. The van der Waals surface area contributed by atoms with E-state index < -0.39 is 12.6 Å². The Morgan fingerprint density at radius 3 is 2.77 bits per heavy atom. The van der Waals surface area contributed by atoms with Crippen molar-refractivity contribution in [3.8, 4) is 6.07 Å². The minimum atomic E-state index is -1.02. The summed E-state index contributed by atoms with van der Waals surface area (Å²) in [4.78, 5) is 11.5. The van der Waals surface area contributed by atoms with Crippen LogP contribution in [0.4, 0.5) is 4.39 Å². The summed E-state index contributed by atoms with van der Waals surface area (Å²) in [6, 6.07) is 12.3. The molecule has 0 saturated heterocycles. The number of carboxylic acid groups (broad SMARTS) is 1. The van der Waals surface area contributed by atoms with Gasteiger partial charge in [-0.1, -0.05) is 6.07 Å². The first-order valence-corrected chi connectivity index (χ1v) is 6.91. The van der Waals surface area contributed by atoms with Gasteiger partial charge in [-0.15, -0.1) is 0 Å². The highest BCUT2D eigenvalue weighted by Gasteiger charge is 2.17. The van der Waals surface area contributed by atoms with Crippen molar-refractivity contribution in [1.29, 1.82) is 5.26 Å². The largest absolute Gasteiger partial charge is 0.478 e. The molecule has 4 nitrogen and oxygen atoms in total. The molecule has 0 aliphatic carbocycles. The third kappa shape index (κ3) is 2.09. The zero-order valence-corrected chi connectivity index (χ0v) is 11.7. The van der Waals surface area contributed by atoms with Gasteiger partial charge in [0.25, 0.3) is 0 Å². The molecule has 3 rings (SSSR count). The Hall–Kier alpha value is -2.87. The molecule has 0 amide bonds. The number of hydrogen-bond acceptors (Lipinski definition) is 2. The molecule has 0 unspecified atom stereocenters. The van der Waals surface area contributed by atoms with Crippen LogP contribution in [0.15, 0.2) is 36.4 Å². The monoisotopic (exact) mass is 296 g/mol. The van der Waals surface area contributed by atoms with Crippen molar-refractivity contribution in [3.63, 3.8) is 0 Å². The summed E-state index contributed by atoms with van der Waals surface area (Å²) >= 11 is 0. The average Bonchev–Trinajstić information content (AvgIpc) is 2.85. The fourth-order valence-electron chi connectivity index (χ4n) is 2.86. The maximum absolute atomic E-state index is 12.6. The first-order valence-electron chi connectivity index (χ1n) is 6.91. The van der Waals surface area contributed by atoms with Gasteiger partial charge < -0.3 is 9.67 Å². The number of carbonyl (C=O) groups is 1. The fourth-order valence-corrected chi connectivity index (χ4v) is 2.86. The van der Waals surface area contributed by atoms with Crippen LogP contribution >= 0.6 is 0 Å². The summed E-state index contributed by atoms with van der Waals surface area (Å²) < 4.78 is 14.5. The Balaban J connectivity index is 2.44. The highest BCUT2D eigenvalue weighted by atomic mass is 19.1. The molecule has 110 valence electrons. The molecular weight excluding hydrogens is 283 g/mol. The average molecular weight is 296 g/mol. The van der Waals surface area contributed by atoms with Gasteiger partial charge in [0.2, 0.25) is 0 Å². The molecule has 5 heteroatoms. The Labute approximate surface area is 126 Å². The third-order valence-corrected chi connectivity index (χ3v) is 3.76. The molecule has 0 aliphatic heterocycles. The van der Waals surface area contributed by atoms with E-state index in [2.05, 4.69) is 6.07 Å². The molecular formula is C17H13FN2O2. The van der Waals surface area contributed by atoms with Crippen LogP contribution in [0.5, 0.6) is 0 Å². The number of aromatic carboxylic acids is 1. The predicted octanol–water partition coefficient (Wildman–Crippen LogP) is 3.72. The molecule has 0 radical (unpaired) electrons. The smallest absolute Gasteiger partial charge is 0.336 e. The maximum atomic E-state index is 12.6. The number of aromatic nitrogens is 1. The number of nitrogens with zero attached hydrogens (tertiary/aromatic N) is 2. The summed E-state index contributed by atoms with van der Waals surface area (Å²) in [5, 5.41) is 19.8. The molecule has 1 heterocycles. The predicted molar refractivity (Wildman–Crippen MR) is 81.7 cm³/mol. The van der Waals surface area contributed by atoms with E-state index in [9.17, 15) is 14.3 Å². The number of aryl methyl sites for hydroxylation is 1. The molecule has 0 spiro atoms. The number of carboxylic acids is 1. The maximum Gasteiger partial charge on any atom is 0.336 e. The van der Waals surface area contributed by atoms with Crippen molar-refractivity contribution in [1.82, 2.24) is 4.57 Å². The van der Waals surface area contributed by atoms with Gasteiger partial charge in [-0.25, -0.2) is 4.79 Å². The lowest BCUT2D eigenvalue weighted by Gasteiger charge is -2.05. The van der Waals surface area contributed by atoms with E-state index in [-0.39, 0.29) is 5.56 Å². The fraction of sp³-hybridized carbons (Fsp3) is 0.176. The van der Waals surface area contributed by atoms with Crippen LogP contribution in [0.25, 0.3) is 21.8 Å². The number of fused-ring (bicyclic) bond motifs is 3. The van der Waals surface area contributed by atoms with E-state index in [0.717, 1.165) is 11.0 Å². The second kappa shape index (κ2) is 5.49. The van der Waals surface area contributed by atoms with E-state index >= 15 is 0 Å². The van der Waals surface area contributed by atoms with E-state index in [0.29, 0.717) is 29.3 Å². The first-order chi connectivity index (χ1) is 10.7. The van der Waals surface area contributed by atoms with Gasteiger partial charge in [0.15, 0.2) is 0 Å². The van der Waals surface area contributed by atoms with Crippen LogP contribution in [-0.2, 0) is 6.54 Å². The van der Waals surface area contributed by atoms with Crippen molar-refractivity contribution in [2.45, 2.75) is 13.0 Å². The number of hydrogen-bond donors (Lipinski definition) is 1. The Kier molecular flexibility index (Phi) is 3.51. The quantitative estimate of drug-likeness (QED) is 0.797. The molecule has 22 heavy (non-hydrogen) atoms. The highest BCUT2D eigenvalue weighted by molar-refractivity contribution is 6.16. The van der Waals surface area contributed by atoms with Gasteiger partial charge in [0.1, 0.15) is 0 Å². The summed E-state index contributed by atoms with van der Waals surface area (Å²) in [7, 11) is 0. The Bertz CT molecular complexity index is 922. The summed E-state index contributed by atoms with van der Waals surface area (Å²) in [5.41, 5.74) is 2.23. The lowest BCUT2D eigenvalue weighted by molar-refractivity contribution is 0.0699. The zero-order valence-electron chi connectivity index (χ0n) is 11.7. The molecule has 0 aliphatic rings. The van der Waals surface area contributed by atoms with Gasteiger partial charge in [-0.2, -0.15) is 5.26 Å². The zero-order chi connectivity index (χ0) is 15.7. The Morgan fingerprint density at radius 2 is 2.09 bits per heavy atom. The molecule has 3 aromatic rings. The van der Waals surface area contributed by atoms with E-state index in [1.807, 2.05) is 10.6 Å². The molecule has 0 fully saturated rings. The van der Waals surface area contributed by atoms with E-state index in [1.54, 1.807) is 30.3 Å². The van der Waals surface area contributed by atoms with Crippen molar-refractivity contribution < 1.29 is 14.3 Å². The SMILES string of the molecule is N#Cc1ccc2c(c1)c1c(C(=O)O)cccc1n2CCCF. The van der Waals surface area contributed by atoms with Gasteiger partial charge in [-0.3, -0.25) is 4.39 Å². The first kappa shape index (κ1) is 14.1. The number of benzene rings is 2. The van der Waals surface area contributed by atoms with Crippen LogP contribution in [0.1, 0.15) is 22.3 Å². The number of halogens is 1. The minimum absolute atomic E-state index is 0.191. The van der Waals surface area contributed by atoms with Gasteiger partial charge in [0, 0.05) is 28.4 Å². The van der Waals surface area contributed by atoms with Crippen LogP contribution in [0.2, 0.25) is 0 Å². The number of rotatable bonds is 4. The lowest BCUT2D eigenvalue weighted by atomic mass is 10.1. The van der Waals surface area contributed by atoms with Crippen molar-refractivity contribution >= 4 is 27.8 Å². The highest BCUT2D eigenvalue weighted by Crippen LogP contribution is 2.32. The molecule has 1 aromatic heterocycles. The summed E-state index contributed by atoms with van der Waals surface area (Å²) in [6.07, 6.45) is 0.357. The van der Waals surface area contributed by atoms with Crippen molar-refractivity contribution in [3.05, 3.63) is 47.5 Å². The minimum Gasteiger partial charge on any atom is -0.478 e. The number of nitriles is 1. The second-order valence-corrected chi connectivity index (χ2v) is 5.04. The van der Waals surface area contributed by atoms with Gasteiger partial charge in [0.05, 0.1) is 23.9 Å². The number of alkyl halides is 1. The van der Waals surface area contributed by atoms with E-state index in [4.69, 9.17) is 5.26 Å². The van der Waals surface area contributed by atoms with Crippen molar-refractivity contribution in [2.24, 2.45) is 0 Å². The molecule has 1 N–H and O–H groups in total. The summed E-state index contributed by atoms with van der Waals surface area (Å²) in [6.45, 7) is 0.0293. The topological polar surface area (TPSA) is 66.0 Å². The molecule has 2 aromatic carbocycles. The molecule has 0 atom stereocenters. The summed E-state index contributed by atoms with van der Waals surface area (Å²) in [5.74, 6) is -1.02. The lowest BCUT2D eigenvalue weighted by Crippen LogP contribution is -2.00. The third-order valence-electron chi connectivity index (χ3n) is 3.76. The van der Waals surface area contributed by atoms with Crippen LogP contribution in [0.3, 0.4) is 0 Å². The normalized spacial score (nSPS) is 10.9. The van der Waals surface area contributed by atoms with E-state index in [1.165, 1.54) is 0 Å². The van der Waals surface area contributed by atoms with Crippen LogP contribution in [-0.4, -0.2) is 22.3 Å². The van der Waals surface area contributed by atoms with Crippen LogP contribution in [0, 0.1) is 11.3 Å². The molecule has 0 saturated carbocycles.